The number of carbonyl (C=O) groups excluding carboxylic acids is 1. The molecule has 0 radical (unpaired) electrons. The molecule has 5 nitrogen and oxygen atoms in total. The van der Waals surface area contributed by atoms with Crippen LogP contribution in [-0.2, 0) is 0 Å². The molecule has 1 saturated heterocycles. The fourth-order valence-corrected chi connectivity index (χ4v) is 2.59. The molecule has 6 heteroatoms. The van der Waals surface area contributed by atoms with Crippen molar-refractivity contribution in [3.05, 3.63) is 22.8 Å². The molecule has 2 rings (SSSR count). The Morgan fingerprint density at radius 3 is 2.80 bits per heavy atom. The van der Waals surface area contributed by atoms with Gasteiger partial charge in [0.2, 0.25) is 0 Å². The molecule has 1 amide bonds. The van der Waals surface area contributed by atoms with Gasteiger partial charge < -0.3 is 15.3 Å². The maximum Gasteiger partial charge on any atom is 0.255 e. The molecule has 1 aliphatic rings. The molecule has 0 aromatic carbocycles. The summed E-state index contributed by atoms with van der Waals surface area (Å²) >= 11 is 6.11. The van der Waals surface area contributed by atoms with Gasteiger partial charge in [0.15, 0.2) is 0 Å². The molecule has 2 N–H and O–H groups in total. The van der Waals surface area contributed by atoms with Gasteiger partial charge in [-0.15, -0.1) is 0 Å². The van der Waals surface area contributed by atoms with E-state index < -0.39 is 0 Å². The normalized spacial score (nSPS) is 16.2. The number of amides is 1. The minimum Gasteiger partial charge on any atom is -0.396 e. The Morgan fingerprint density at radius 1 is 1.55 bits per heavy atom. The van der Waals surface area contributed by atoms with Gasteiger partial charge in [0, 0.05) is 32.4 Å². The third-order valence-corrected chi connectivity index (χ3v) is 3.88. The highest BCUT2D eigenvalue weighted by molar-refractivity contribution is 6.33. The lowest BCUT2D eigenvalue weighted by Crippen LogP contribution is -2.39. The Labute approximate surface area is 123 Å². The van der Waals surface area contributed by atoms with Crippen LogP contribution in [0.1, 0.15) is 30.1 Å². The minimum absolute atomic E-state index is 0.0427. The third-order valence-electron chi connectivity index (χ3n) is 3.59. The molecular formula is C14H20ClN3O2. The van der Waals surface area contributed by atoms with E-state index in [1.165, 1.54) is 0 Å². The van der Waals surface area contributed by atoms with Crippen molar-refractivity contribution < 1.29 is 9.90 Å². The zero-order valence-corrected chi connectivity index (χ0v) is 12.4. The topological polar surface area (TPSA) is 65.5 Å². The Balaban J connectivity index is 2.04. The van der Waals surface area contributed by atoms with Gasteiger partial charge in [-0.3, -0.25) is 4.79 Å². The summed E-state index contributed by atoms with van der Waals surface area (Å²) in [4.78, 5) is 18.3. The Bertz CT molecular complexity index is 473. The lowest BCUT2D eigenvalue weighted by atomic mass is 9.97. The van der Waals surface area contributed by atoms with E-state index in [0.717, 1.165) is 19.4 Å². The molecule has 1 aromatic heterocycles. The Hall–Kier alpha value is -1.33. The van der Waals surface area contributed by atoms with Gasteiger partial charge in [0.25, 0.3) is 5.91 Å². The number of anilines is 1. The van der Waals surface area contributed by atoms with Crippen molar-refractivity contribution in [2.24, 2.45) is 5.92 Å². The molecule has 0 saturated carbocycles. The quantitative estimate of drug-likeness (QED) is 0.892. The van der Waals surface area contributed by atoms with E-state index in [4.69, 9.17) is 16.7 Å². The number of aliphatic hydroxyl groups excluding tert-OH is 1. The summed E-state index contributed by atoms with van der Waals surface area (Å²) < 4.78 is 0. The molecule has 2 heterocycles. The van der Waals surface area contributed by atoms with Crippen LogP contribution in [0.25, 0.3) is 0 Å². The number of aliphatic hydroxyl groups is 1. The van der Waals surface area contributed by atoms with Crippen LogP contribution in [0.3, 0.4) is 0 Å². The SMILES string of the molecule is CCNc1ncc(C(=O)N2CCC(CO)CC2)cc1Cl. The summed E-state index contributed by atoms with van der Waals surface area (Å²) in [6.45, 7) is 4.25. The highest BCUT2D eigenvalue weighted by Gasteiger charge is 2.23. The van der Waals surface area contributed by atoms with E-state index in [-0.39, 0.29) is 12.5 Å². The van der Waals surface area contributed by atoms with Crippen LogP contribution in [0.15, 0.2) is 12.3 Å². The minimum atomic E-state index is -0.0427. The summed E-state index contributed by atoms with van der Waals surface area (Å²) in [6, 6.07) is 1.66. The number of aromatic nitrogens is 1. The average Bonchev–Trinajstić information content (AvgIpc) is 2.49. The number of likely N-dealkylation sites (tertiary alicyclic amines) is 1. The maximum atomic E-state index is 12.4. The number of nitrogens with zero attached hydrogens (tertiary/aromatic N) is 2. The summed E-state index contributed by atoms with van der Waals surface area (Å²) in [6.07, 6.45) is 3.25. The molecule has 0 spiro atoms. The predicted octanol–water partition coefficient (Wildman–Crippen LogP) is 2.01. The molecular weight excluding hydrogens is 278 g/mol. The van der Waals surface area contributed by atoms with Crippen LogP contribution >= 0.6 is 11.6 Å². The van der Waals surface area contributed by atoms with E-state index in [1.807, 2.05) is 6.92 Å². The summed E-state index contributed by atoms with van der Waals surface area (Å²) in [5, 5.41) is 12.6. The van der Waals surface area contributed by atoms with Crippen LogP contribution in [-0.4, -0.2) is 47.1 Å². The number of hydrogen-bond acceptors (Lipinski definition) is 4. The van der Waals surface area contributed by atoms with Crippen molar-refractivity contribution in [3.63, 3.8) is 0 Å². The second-order valence-corrected chi connectivity index (χ2v) is 5.41. The second kappa shape index (κ2) is 6.90. The zero-order chi connectivity index (χ0) is 14.5. The number of pyridine rings is 1. The van der Waals surface area contributed by atoms with Crippen LogP contribution in [0, 0.1) is 5.92 Å². The highest BCUT2D eigenvalue weighted by Crippen LogP contribution is 2.22. The molecule has 0 unspecified atom stereocenters. The monoisotopic (exact) mass is 297 g/mol. The van der Waals surface area contributed by atoms with Gasteiger partial charge in [-0.1, -0.05) is 11.6 Å². The molecule has 20 heavy (non-hydrogen) atoms. The van der Waals surface area contributed by atoms with Gasteiger partial charge in [-0.05, 0) is 31.7 Å². The fraction of sp³-hybridized carbons (Fsp3) is 0.571. The fourth-order valence-electron chi connectivity index (χ4n) is 2.35. The van der Waals surface area contributed by atoms with Crippen molar-refractivity contribution in [2.45, 2.75) is 19.8 Å². The summed E-state index contributed by atoms with van der Waals surface area (Å²) in [7, 11) is 0. The summed E-state index contributed by atoms with van der Waals surface area (Å²) in [5.74, 6) is 0.875. The van der Waals surface area contributed by atoms with E-state index >= 15 is 0 Å². The van der Waals surface area contributed by atoms with Gasteiger partial charge in [0.1, 0.15) is 5.82 Å². The highest BCUT2D eigenvalue weighted by atomic mass is 35.5. The second-order valence-electron chi connectivity index (χ2n) is 5.00. The Morgan fingerprint density at radius 2 is 2.25 bits per heavy atom. The number of carbonyl (C=O) groups is 1. The number of piperidine rings is 1. The summed E-state index contributed by atoms with van der Waals surface area (Å²) in [5.41, 5.74) is 0.513. The number of rotatable bonds is 4. The number of halogens is 1. The van der Waals surface area contributed by atoms with E-state index in [9.17, 15) is 4.79 Å². The molecule has 0 bridgehead atoms. The van der Waals surface area contributed by atoms with Gasteiger partial charge >= 0.3 is 0 Å². The first-order valence-electron chi connectivity index (χ1n) is 6.95. The predicted molar refractivity (Wildman–Crippen MR) is 79.1 cm³/mol. The molecule has 110 valence electrons. The molecule has 1 fully saturated rings. The number of nitrogens with one attached hydrogen (secondary N) is 1. The van der Waals surface area contributed by atoms with Gasteiger partial charge in [-0.25, -0.2) is 4.98 Å². The standard InChI is InChI=1S/C14H20ClN3O2/c1-2-16-13-12(15)7-11(8-17-13)14(20)18-5-3-10(9-19)4-6-18/h7-8,10,19H,2-6,9H2,1H3,(H,16,17). The average molecular weight is 298 g/mol. The van der Waals surface area contributed by atoms with Crippen molar-refractivity contribution in [1.29, 1.82) is 0 Å². The van der Waals surface area contributed by atoms with E-state index in [2.05, 4.69) is 10.3 Å². The first kappa shape index (κ1) is 15.1. The largest absolute Gasteiger partial charge is 0.396 e. The van der Waals surface area contributed by atoms with Crippen LogP contribution in [0.5, 0.6) is 0 Å². The van der Waals surface area contributed by atoms with Crippen LogP contribution < -0.4 is 5.32 Å². The van der Waals surface area contributed by atoms with Crippen molar-refractivity contribution in [1.82, 2.24) is 9.88 Å². The molecule has 0 aliphatic carbocycles. The van der Waals surface area contributed by atoms with Gasteiger partial charge in [0.05, 0.1) is 10.6 Å². The third kappa shape index (κ3) is 3.41. The Kier molecular flexibility index (Phi) is 5.20. The van der Waals surface area contributed by atoms with Crippen LogP contribution in [0.2, 0.25) is 5.02 Å². The molecule has 1 aromatic rings. The first-order chi connectivity index (χ1) is 9.65. The molecule has 1 aliphatic heterocycles. The number of hydrogen-bond donors (Lipinski definition) is 2. The first-order valence-corrected chi connectivity index (χ1v) is 7.33. The molecule has 0 atom stereocenters. The lowest BCUT2D eigenvalue weighted by Gasteiger charge is -2.31. The smallest absolute Gasteiger partial charge is 0.255 e. The maximum absolute atomic E-state index is 12.4. The van der Waals surface area contributed by atoms with Gasteiger partial charge in [-0.2, -0.15) is 0 Å². The van der Waals surface area contributed by atoms with Crippen molar-refractivity contribution in [2.75, 3.05) is 31.6 Å². The lowest BCUT2D eigenvalue weighted by molar-refractivity contribution is 0.0650. The van der Waals surface area contributed by atoms with Crippen molar-refractivity contribution >= 4 is 23.3 Å². The van der Waals surface area contributed by atoms with Crippen LogP contribution in [0.4, 0.5) is 5.82 Å². The zero-order valence-electron chi connectivity index (χ0n) is 11.6. The van der Waals surface area contributed by atoms with E-state index in [1.54, 1.807) is 17.2 Å². The van der Waals surface area contributed by atoms with Crippen molar-refractivity contribution in [3.8, 4) is 0 Å². The van der Waals surface area contributed by atoms with E-state index in [0.29, 0.717) is 35.4 Å².